The number of nitrogens with zero attached hydrogens (tertiary/aromatic N) is 1. The molecule has 1 aliphatic rings. The second-order valence-corrected chi connectivity index (χ2v) is 6.96. The van der Waals surface area contributed by atoms with Crippen molar-refractivity contribution >= 4 is 21.6 Å². The molecule has 0 spiro atoms. The SMILES string of the molecule is CN(CC(C)(C)O)c1ccc(CNC2CC2)cc1Br. The highest BCUT2D eigenvalue weighted by Crippen LogP contribution is 2.28. The standard InChI is InChI=1S/C15H23BrN2O/c1-15(2,19)10-18(3)14-7-4-11(8-13(14)16)9-17-12-5-6-12/h4,7-8,12,17,19H,5-6,9-10H2,1-3H3. The number of likely N-dealkylation sites (N-methyl/N-ethyl adjacent to an activating group) is 1. The van der Waals surface area contributed by atoms with Crippen LogP contribution in [0, 0.1) is 0 Å². The summed E-state index contributed by atoms with van der Waals surface area (Å²) in [6.45, 7) is 5.18. The molecule has 0 saturated heterocycles. The van der Waals surface area contributed by atoms with Gasteiger partial charge in [-0.25, -0.2) is 0 Å². The Morgan fingerprint density at radius 2 is 2.11 bits per heavy atom. The summed E-state index contributed by atoms with van der Waals surface area (Å²) in [5, 5.41) is 13.4. The van der Waals surface area contributed by atoms with Crippen molar-refractivity contribution < 1.29 is 5.11 Å². The van der Waals surface area contributed by atoms with E-state index in [2.05, 4.69) is 44.3 Å². The van der Waals surface area contributed by atoms with Crippen molar-refractivity contribution in [1.82, 2.24) is 5.32 Å². The van der Waals surface area contributed by atoms with Gasteiger partial charge in [0.1, 0.15) is 0 Å². The monoisotopic (exact) mass is 326 g/mol. The fraction of sp³-hybridized carbons (Fsp3) is 0.600. The van der Waals surface area contributed by atoms with Crippen LogP contribution < -0.4 is 10.2 Å². The highest BCUT2D eigenvalue weighted by Gasteiger charge is 2.20. The topological polar surface area (TPSA) is 35.5 Å². The Kier molecular flexibility index (Phi) is 4.54. The molecule has 0 aliphatic heterocycles. The van der Waals surface area contributed by atoms with Crippen LogP contribution in [0.25, 0.3) is 0 Å². The van der Waals surface area contributed by atoms with Crippen molar-refractivity contribution in [3.8, 4) is 0 Å². The fourth-order valence-electron chi connectivity index (χ4n) is 2.19. The van der Waals surface area contributed by atoms with E-state index in [0.717, 1.165) is 22.7 Å². The minimum Gasteiger partial charge on any atom is -0.389 e. The first-order chi connectivity index (χ1) is 8.85. The van der Waals surface area contributed by atoms with E-state index in [9.17, 15) is 5.11 Å². The van der Waals surface area contributed by atoms with Gasteiger partial charge in [0, 0.05) is 30.7 Å². The molecule has 0 atom stereocenters. The van der Waals surface area contributed by atoms with Gasteiger partial charge in [0.05, 0.1) is 11.3 Å². The summed E-state index contributed by atoms with van der Waals surface area (Å²) >= 11 is 3.63. The van der Waals surface area contributed by atoms with Crippen molar-refractivity contribution in [3.05, 3.63) is 28.2 Å². The van der Waals surface area contributed by atoms with Crippen LogP contribution in [0.2, 0.25) is 0 Å². The van der Waals surface area contributed by atoms with E-state index in [1.54, 1.807) is 0 Å². The maximum Gasteiger partial charge on any atom is 0.0765 e. The van der Waals surface area contributed by atoms with E-state index in [4.69, 9.17) is 0 Å². The normalized spacial score (nSPS) is 15.6. The van der Waals surface area contributed by atoms with E-state index in [1.165, 1.54) is 18.4 Å². The second kappa shape index (κ2) is 5.81. The predicted molar refractivity (Wildman–Crippen MR) is 83.6 cm³/mol. The number of nitrogens with one attached hydrogen (secondary N) is 1. The Morgan fingerprint density at radius 1 is 1.42 bits per heavy atom. The first-order valence-corrected chi connectivity index (χ1v) is 7.60. The largest absolute Gasteiger partial charge is 0.389 e. The Hall–Kier alpha value is -0.580. The first kappa shape index (κ1) is 14.8. The van der Waals surface area contributed by atoms with Crippen LogP contribution in [0.1, 0.15) is 32.3 Å². The third kappa shape index (κ3) is 4.79. The average molecular weight is 327 g/mol. The van der Waals surface area contributed by atoms with Crippen LogP contribution in [-0.4, -0.2) is 30.3 Å². The molecule has 0 aromatic heterocycles. The Bertz CT molecular complexity index is 438. The highest BCUT2D eigenvalue weighted by atomic mass is 79.9. The molecule has 19 heavy (non-hydrogen) atoms. The minimum absolute atomic E-state index is 0.602. The maximum absolute atomic E-state index is 9.88. The van der Waals surface area contributed by atoms with Crippen molar-refractivity contribution in [3.63, 3.8) is 0 Å². The van der Waals surface area contributed by atoms with E-state index in [-0.39, 0.29) is 0 Å². The van der Waals surface area contributed by atoms with Crippen LogP contribution in [0.5, 0.6) is 0 Å². The second-order valence-electron chi connectivity index (χ2n) is 6.11. The van der Waals surface area contributed by atoms with Crippen molar-refractivity contribution in [2.75, 3.05) is 18.5 Å². The van der Waals surface area contributed by atoms with Crippen molar-refractivity contribution in [2.45, 2.75) is 44.9 Å². The molecule has 0 heterocycles. The number of hydrogen-bond acceptors (Lipinski definition) is 3. The summed E-state index contributed by atoms with van der Waals surface area (Å²) in [7, 11) is 2.00. The Labute approximate surface area is 124 Å². The van der Waals surface area contributed by atoms with Gasteiger partial charge in [0.2, 0.25) is 0 Å². The molecule has 4 heteroatoms. The number of aliphatic hydroxyl groups is 1. The summed E-state index contributed by atoms with van der Waals surface area (Å²) in [6.07, 6.45) is 2.63. The smallest absolute Gasteiger partial charge is 0.0765 e. The zero-order valence-electron chi connectivity index (χ0n) is 11.9. The molecule has 1 fully saturated rings. The van der Waals surface area contributed by atoms with E-state index in [0.29, 0.717) is 6.54 Å². The van der Waals surface area contributed by atoms with E-state index < -0.39 is 5.60 Å². The lowest BCUT2D eigenvalue weighted by Gasteiger charge is -2.28. The Morgan fingerprint density at radius 3 is 2.63 bits per heavy atom. The molecule has 0 radical (unpaired) electrons. The van der Waals surface area contributed by atoms with Gasteiger partial charge in [0.15, 0.2) is 0 Å². The molecule has 2 rings (SSSR count). The highest BCUT2D eigenvalue weighted by molar-refractivity contribution is 9.10. The summed E-state index contributed by atoms with van der Waals surface area (Å²) < 4.78 is 1.08. The molecule has 0 amide bonds. The zero-order chi connectivity index (χ0) is 14.0. The first-order valence-electron chi connectivity index (χ1n) is 6.80. The number of hydrogen-bond donors (Lipinski definition) is 2. The summed E-state index contributed by atoms with van der Waals surface area (Å²) in [6, 6.07) is 7.15. The Balaban J connectivity index is 2.00. The van der Waals surface area contributed by atoms with Crippen molar-refractivity contribution in [1.29, 1.82) is 0 Å². The molecular weight excluding hydrogens is 304 g/mol. The third-order valence-corrected chi connectivity index (χ3v) is 3.85. The molecule has 106 valence electrons. The van der Waals surface area contributed by atoms with E-state index >= 15 is 0 Å². The zero-order valence-corrected chi connectivity index (χ0v) is 13.5. The molecule has 1 aromatic carbocycles. The number of halogens is 1. The van der Waals surface area contributed by atoms with Crippen LogP contribution in [-0.2, 0) is 6.54 Å². The van der Waals surface area contributed by atoms with Gasteiger partial charge in [-0.2, -0.15) is 0 Å². The molecule has 3 nitrogen and oxygen atoms in total. The lowest BCUT2D eigenvalue weighted by molar-refractivity contribution is 0.0886. The number of anilines is 1. The lowest BCUT2D eigenvalue weighted by Crippen LogP contribution is -2.36. The summed E-state index contributed by atoms with van der Waals surface area (Å²) in [4.78, 5) is 2.07. The summed E-state index contributed by atoms with van der Waals surface area (Å²) in [5.41, 5.74) is 1.71. The number of rotatable bonds is 6. The molecule has 1 saturated carbocycles. The van der Waals surface area contributed by atoms with Crippen LogP contribution in [0.3, 0.4) is 0 Å². The average Bonchev–Trinajstić information content (AvgIpc) is 3.07. The quantitative estimate of drug-likeness (QED) is 0.843. The third-order valence-electron chi connectivity index (χ3n) is 3.22. The van der Waals surface area contributed by atoms with Gasteiger partial charge in [-0.15, -0.1) is 0 Å². The van der Waals surface area contributed by atoms with Gasteiger partial charge in [-0.3, -0.25) is 0 Å². The molecule has 1 aliphatic carbocycles. The molecule has 2 N–H and O–H groups in total. The van der Waals surface area contributed by atoms with Gasteiger partial charge >= 0.3 is 0 Å². The van der Waals surface area contributed by atoms with Crippen LogP contribution in [0.15, 0.2) is 22.7 Å². The van der Waals surface area contributed by atoms with Gasteiger partial charge in [0.25, 0.3) is 0 Å². The predicted octanol–water partition coefficient (Wildman–Crippen LogP) is 2.91. The van der Waals surface area contributed by atoms with Crippen molar-refractivity contribution in [2.24, 2.45) is 0 Å². The number of benzene rings is 1. The van der Waals surface area contributed by atoms with Gasteiger partial charge in [-0.1, -0.05) is 6.07 Å². The maximum atomic E-state index is 9.88. The molecule has 1 aromatic rings. The van der Waals surface area contributed by atoms with Crippen LogP contribution in [0.4, 0.5) is 5.69 Å². The minimum atomic E-state index is -0.694. The molecular formula is C15H23BrN2O. The lowest BCUT2D eigenvalue weighted by atomic mass is 10.1. The van der Waals surface area contributed by atoms with Gasteiger partial charge < -0.3 is 15.3 Å². The molecule has 0 unspecified atom stereocenters. The van der Waals surface area contributed by atoms with Crippen LogP contribution >= 0.6 is 15.9 Å². The molecule has 0 bridgehead atoms. The van der Waals surface area contributed by atoms with Gasteiger partial charge in [-0.05, 0) is 60.3 Å². The van der Waals surface area contributed by atoms with E-state index in [1.807, 2.05) is 20.9 Å². The fourth-order valence-corrected chi connectivity index (χ4v) is 2.91. The summed E-state index contributed by atoms with van der Waals surface area (Å²) in [5.74, 6) is 0.